The fourth-order valence-corrected chi connectivity index (χ4v) is 5.34. The second-order valence-corrected chi connectivity index (χ2v) is 12.3. The number of nitrogens with zero attached hydrogens (tertiary/aromatic N) is 3. The number of aromatic nitrogens is 3. The van der Waals surface area contributed by atoms with Gasteiger partial charge in [-0.05, 0) is 64.2 Å². The van der Waals surface area contributed by atoms with Crippen molar-refractivity contribution in [1.29, 1.82) is 0 Å². The van der Waals surface area contributed by atoms with Crippen molar-refractivity contribution in [3.63, 3.8) is 0 Å². The van der Waals surface area contributed by atoms with Crippen LogP contribution >= 0.6 is 11.6 Å². The molecule has 1 N–H and O–H groups in total. The number of benzene rings is 3. The third-order valence-corrected chi connectivity index (χ3v) is 7.05. The van der Waals surface area contributed by atoms with Crippen molar-refractivity contribution in [1.82, 2.24) is 15.0 Å². The Morgan fingerprint density at radius 1 is 0.861 bits per heavy atom. The monoisotopic (exact) mass is 503 g/mol. The molecule has 0 bridgehead atoms. The lowest BCUT2D eigenvalue weighted by Gasteiger charge is -2.35. The highest BCUT2D eigenvalue weighted by Crippen LogP contribution is 2.44. The van der Waals surface area contributed by atoms with Crippen molar-refractivity contribution < 1.29 is 9.90 Å². The Balaban J connectivity index is 1.97. The molecule has 0 amide bonds. The standard InChI is InChI=1S/C30H34ClN3O2/c1-28(2,3)18-29(4,5)21-16-22(30(6,7)20-11-9-8-10-12-20)26(35)25(17-21)34-32-23-14-13-19(27(31)36)15-24(23)33-34/h8-17,35H,18H2,1-7H3. The van der Waals surface area contributed by atoms with Crippen molar-refractivity contribution in [3.8, 4) is 11.4 Å². The van der Waals surface area contributed by atoms with E-state index in [9.17, 15) is 9.90 Å². The summed E-state index contributed by atoms with van der Waals surface area (Å²) in [5.41, 5.74) is 4.47. The van der Waals surface area contributed by atoms with Crippen LogP contribution in [0.4, 0.5) is 0 Å². The van der Waals surface area contributed by atoms with Crippen molar-refractivity contribution in [2.75, 3.05) is 0 Å². The van der Waals surface area contributed by atoms with Crippen LogP contribution in [0.25, 0.3) is 16.7 Å². The Morgan fingerprint density at radius 3 is 2.11 bits per heavy atom. The summed E-state index contributed by atoms with van der Waals surface area (Å²) in [5, 5.41) is 20.3. The summed E-state index contributed by atoms with van der Waals surface area (Å²) in [6.45, 7) is 15.4. The van der Waals surface area contributed by atoms with Gasteiger partial charge in [-0.3, -0.25) is 4.79 Å². The number of phenolic OH excluding ortho intramolecular Hbond substituents is 1. The first-order valence-electron chi connectivity index (χ1n) is 12.2. The van der Waals surface area contributed by atoms with E-state index in [-0.39, 0.29) is 16.6 Å². The molecule has 0 spiro atoms. The van der Waals surface area contributed by atoms with Crippen LogP contribution in [-0.4, -0.2) is 25.3 Å². The number of fused-ring (bicyclic) bond motifs is 1. The number of carbonyl (C=O) groups excluding carboxylic acids is 1. The molecule has 0 aliphatic heterocycles. The SMILES string of the molecule is CC(C)(C)CC(C)(C)c1cc(-n2nc3ccc(C(=O)Cl)cc3n2)c(O)c(C(C)(C)c2ccccc2)c1. The maximum absolute atomic E-state index is 11.7. The van der Waals surface area contributed by atoms with Gasteiger partial charge in [-0.1, -0.05) is 84.9 Å². The predicted molar refractivity (Wildman–Crippen MR) is 146 cm³/mol. The highest BCUT2D eigenvalue weighted by molar-refractivity contribution is 6.67. The van der Waals surface area contributed by atoms with Gasteiger partial charge in [-0.2, -0.15) is 0 Å². The fourth-order valence-electron chi connectivity index (χ4n) is 5.22. The molecule has 0 saturated heterocycles. The number of hydrogen-bond acceptors (Lipinski definition) is 4. The van der Waals surface area contributed by atoms with E-state index in [1.165, 1.54) is 4.80 Å². The average molecular weight is 504 g/mol. The Labute approximate surface area is 218 Å². The maximum atomic E-state index is 11.7. The molecular formula is C30H34ClN3O2. The highest BCUT2D eigenvalue weighted by atomic mass is 35.5. The molecule has 1 aromatic heterocycles. The van der Waals surface area contributed by atoms with E-state index in [0.717, 1.165) is 23.1 Å². The molecule has 188 valence electrons. The molecule has 1 heterocycles. The molecule has 4 aromatic rings. The molecule has 3 aromatic carbocycles. The van der Waals surface area contributed by atoms with Crippen LogP contribution in [-0.2, 0) is 10.8 Å². The first-order valence-corrected chi connectivity index (χ1v) is 12.6. The van der Waals surface area contributed by atoms with Crippen LogP contribution in [0.15, 0.2) is 60.7 Å². The number of rotatable bonds is 6. The summed E-state index contributed by atoms with van der Waals surface area (Å²) in [6, 6.07) is 19.3. The molecule has 4 rings (SSSR count). The van der Waals surface area contributed by atoms with Crippen LogP contribution in [0.2, 0.25) is 0 Å². The third-order valence-electron chi connectivity index (χ3n) is 6.84. The summed E-state index contributed by atoms with van der Waals surface area (Å²) < 4.78 is 0. The summed E-state index contributed by atoms with van der Waals surface area (Å²) in [4.78, 5) is 13.1. The Morgan fingerprint density at radius 2 is 1.50 bits per heavy atom. The molecule has 0 aliphatic carbocycles. The molecule has 5 nitrogen and oxygen atoms in total. The maximum Gasteiger partial charge on any atom is 0.252 e. The molecule has 0 atom stereocenters. The summed E-state index contributed by atoms with van der Waals surface area (Å²) in [7, 11) is 0. The zero-order valence-corrected chi connectivity index (χ0v) is 22.8. The quantitative estimate of drug-likeness (QED) is 0.276. The van der Waals surface area contributed by atoms with Gasteiger partial charge in [0.25, 0.3) is 5.24 Å². The Kier molecular flexibility index (Phi) is 6.50. The minimum Gasteiger partial charge on any atom is -0.505 e. The van der Waals surface area contributed by atoms with Gasteiger partial charge in [-0.15, -0.1) is 15.0 Å². The molecule has 6 heteroatoms. The number of halogens is 1. The summed E-state index contributed by atoms with van der Waals surface area (Å²) in [5.74, 6) is 0.133. The first-order chi connectivity index (χ1) is 16.7. The first kappa shape index (κ1) is 25.9. The molecule has 0 aliphatic rings. The largest absolute Gasteiger partial charge is 0.505 e. The van der Waals surface area contributed by atoms with E-state index in [4.69, 9.17) is 11.6 Å². The number of aromatic hydroxyl groups is 1. The van der Waals surface area contributed by atoms with Crippen molar-refractivity contribution >= 4 is 27.9 Å². The van der Waals surface area contributed by atoms with Crippen molar-refractivity contribution in [3.05, 3.63) is 82.9 Å². The molecule has 0 radical (unpaired) electrons. The van der Waals surface area contributed by atoms with Gasteiger partial charge in [0.15, 0.2) is 0 Å². The lowest BCUT2D eigenvalue weighted by atomic mass is 9.70. The minimum absolute atomic E-state index is 0.111. The summed E-state index contributed by atoms with van der Waals surface area (Å²) in [6.07, 6.45) is 0.950. The zero-order chi connectivity index (χ0) is 26.5. The van der Waals surface area contributed by atoms with Crippen LogP contribution in [0.3, 0.4) is 0 Å². The number of hydrogen-bond donors (Lipinski definition) is 1. The molecule has 0 fully saturated rings. The Bertz CT molecular complexity index is 1430. The normalized spacial score (nSPS) is 12.8. The predicted octanol–water partition coefficient (Wildman–Crippen LogP) is 7.54. The van der Waals surface area contributed by atoms with Crippen LogP contribution < -0.4 is 0 Å². The number of carbonyl (C=O) groups is 1. The molecule has 0 saturated carbocycles. The van der Waals surface area contributed by atoms with Gasteiger partial charge in [0.05, 0.1) is 0 Å². The minimum atomic E-state index is -0.549. The van der Waals surface area contributed by atoms with Gasteiger partial charge in [-0.25, -0.2) is 0 Å². The topological polar surface area (TPSA) is 68.0 Å². The van der Waals surface area contributed by atoms with Gasteiger partial charge < -0.3 is 5.11 Å². The van der Waals surface area contributed by atoms with Gasteiger partial charge in [0, 0.05) is 16.5 Å². The smallest absolute Gasteiger partial charge is 0.252 e. The second kappa shape index (κ2) is 9.04. The lowest BCUT2D eigenvalue weighted by Crippen LogP contribution is -2.27. The molecule has 0 unspecified atom stereocenters. The Hall–Kier alpha value is -3.18. The molecule has 36 heavy (non-hydrogen) atoms. The zero-order valence-electron chi connectivity index (χ0n) is 22.1. The van der Waals surface area contributed by atoms with E-state index in [2.05, 4.69) is 76.9 Å². The molecular weight excluding hydrogens is 470 g/mol. The number of phenols is 1. The van der Waals surface area contributed by atoms with E-state index >= 15 is 0 Å². The van der Waals surface area contributed by atoms with E-state index in [1.807, 2.05) is 24.3 Å². The average Bonchev–Trinajstić information content (AvgIpc) is 3.21. The van der Waals surface area contributed by atoms with Crippen molar-refractivity contribution in [2.24, 2.45) is 5.41 Å². The van der Waals surface area contributed by atoms with Crippen LogP contribution in [0, 0.1) is 5.41 Å². The fraction of sp³-hybridized carbons (Fsp3) is 0.367. The van der Waals surface area contributed by atoms with E-state index < -0.39 is 10.7 Å². The third kappa shape index (κ3) is 5.03. The van der Waals surface area contributed by atoms with E-state index in [0.29, 0.717) is 22.3 Å². The van der Waals surface area contributed by atoms with Gasteiger partial charge in [0.2, 0.25) is 0 Å². The lowest BCUT2D eigenvalue weighted by molar-refractivity contribution is 0.108. The van der Waals surface area contributed by atoms with Gasteiger partial charge in [0.1, 0.15) is 22.5 Å². The van der Waals surface area contributed by atoms with Gasteiger partial charge >= 0.3 is 0 Å². The van der Waals surface area contributed by atoms with Crippen LogP contribution in [0.5, 0.6) is 5.75 Å². The summed E-state index contributed by atoms with van der Waals surface area (Å²) >= 11 is 5.67. The highest BCUT2D eigenvalue weighted by Gasteiger charge is 2.33. The van der Waals surface area contributed by atoms with Crippen LogP contribution in [0.1, 0.15) is 81.9 Å². The second-order valence-electron chi connectivity index (χ2n) is 12.0. The van der Waals surface area contributed by atoms with E-state index in [1.54, 1.807) is 18.2 Å². The van der Waals surface area contributed by atoms with Crippen molar-refractivity contribution in [2.45, 2.75) is 65.7 Å².